The van der Waals surface area contributed by atoms with Gasteiger partial charge >= 0.3 is 0 Å². The molecule has 0 unspecified atom stereocenters. The van der Waals surface area contributed by atoms with E-state index in [9.17, 15) is 0 Å². The Bertz CT molecular complexity index is 557. The van der Waals surface area contributed by atoms with Crippen molar-refractivity contribution in [3.63, 3.8) is 0 Å². The highest BCUT2D eigenvalue weighted by atomic mass is 32.1. The topological polar surface area (TPSA) is 27.7 Å². The van der Waals surface area contributed by atoms with Crippen molar-refractivity contribution in [2.75, 3.05) is 38.2 Å². The minimum absolute atomic E-state index is 0.558. The van der Waals surface area contributed by atoms with Gasteiger partial charge in [-0.25, -0.2) is 0 Å². The fraction of sp³-hybridized carbons (Fsp3) is 0.632. The molecule has 5 heteroatoms. The fourth-order valence-corrected chi connectivity index (χ4v) is 4.09. The van der Waals surface area contributed by atoms with Crippen molar-refractivity contribution in [3.05, 3.63) is 24.3 Å². The Morgan fingerprint density at radius 3 is 2.62 bits per heavy atom. The smallest absolute Gasteiger partial charge is 0.169 e. The molecular formula is C19H29N3OS. The maximum absolute atomic E-state index is 5.68. The Morgan fingerprint density at radius 1 is 1.17 bits per heavy atom. The molecule has 1 aromatic carbocycles. The van der Waals surface area contributed by atoms with E-state index in [0.717, 1.165) is 43.0 Å². The number of anilines is 1. The molecule has 1 heterocycles. The summed E-state index contributed by atoms with van der Waals surface area (Å²) in [5.41, 5.74) is 1.23. The Balaban J connectivity index is 1.51. The zero-order chi connectivity index (χ0) is 16.9. The van der Waals surface area contributed by atoms with E-state index in [1.165, 1.54) is 31.4 Å². The normalized spacial score (nSPS) is 24.6. The summed E-state index contributed by atoms with van der Waals surface area (Å²) in [5, 5.41) is 4.57. The average molecular weight is 348 g/mol. The van der Waals surface area contributed by atoms with Gasteiger partial charge in [0.25, 0.3) is 0 Å². The van der Waals surface area contributed by atoms with E-state index >= 15 is 0 Å². The standard InChI is InChI=1S/C19H29N3OS/c1-15-6-3-4-9-18(15)20-19(24)22-12-10-21(11-13-22)16-7-5-8-17(14-16)23-2/h5,7-8,14-15,18H,3-4,6,9-13H2,1-2H3,(H,20,24)/t15-,18-/m1/s1. The first-order valence-electron chi connectivity index (χ1n) is 9.12. The lowest BCUT2D eigenvalue weighted by Crippen LogP contribution is -2.54. The number of hydrogen-bond acceptors (Lipinski definition) is 3. The number of thiocarbonyl (C=S) groups is 1. The van der Waals surface area contributed by atoms with E-state index in [0.29, 0.717) is 6.04 Å². The molecule has 1 saturated heterocycles. The first-order chi connectivity index (χ1) is 11.7. The van der Waals surface area contributed by atoms with Gasteiger partial charge in [0.15, 0.2) is 5.11 Å². The first-order valence-corrected chi connectivity index (χ1v) is 9.52. The molecule has 2 atom stereocenters. The van der Waals surface area contributed by atoms with E-state index in [1.54, 1.807) is 7.11 Å². The third kappa shape index (κ3) is 4.12. The predicted molar refractivity (Wildman–Crippen MR) is 104 cm³/mol. The van der Waals surface area contributed by atoms with Crippen molar-refractivity contribution >= 4 is 23.0 Å². The van der Waals surface area contributed by atoms with Crippen LogP contribution in [0, 0.1) is 5.92 Å². The molecule has 3 rings (SSSR count). The minimum atomic E-state index is 0.558. The monoisotopic (exact) mass is 347 g/mol. The molecule has 0 bridgehead atoms. The molecule has 4 nitrogen and oxygen atoms in total. The zero-order valence-electron chi connectivity index (χ0n) is 14.8. The quantitative estimate of drug-likeness (QED) is 0.847. The molecular weight excluding hydrogens is 318 g/mol. The molecule has 132 valence electrons. The third-order valence-corrected chi connectivity index (χ3v) is 5.78. The van der Waals surface area contributed by atoms with Crippen LogP contribution in [0.2, 0.25) is 0 Å². The number of nitrogens with one attached hydrogen (secondary N) is 1. The molecule has 1 saturated carbocycles. The molecule has 0 aromatic heterocycles. The molecule has 0 amide bonds. The summed E-state index contributed by atoms with van der Waals surface area (Å²) in [7, 11) is 1.72. The van der Waals surface area contributed by atoms with Crippen LogP contribution < -0.4 is 15.0 Å². The number of rotatable bonds is 3. The second kappa shape index (κ2) is 8.06. The Hall–Kier alpha value is -1.49. The predicted octanol–water partition coefficient (Wildman–Crippen LogP) is 3.27. The highest BCUT2D eigenvalue weighted by Gasteiger charge is 2.25. The summed E-state index contributed by atoms with van der Waals surface area (Å²) < 4.78 is 5.33. The number of piperazine rings is 1. The van der Waals surface area contributed by atoms with Gasteiger partial charge in [-0.3, -0.25) is 0 Å². The lowest BCUT2D eigenvalue weighted by Gasteiger charge is -2.39. The van der Waals surface area contributed by atoms with Crippen molar-refractivity contribution in [2.45, 2.75) is 38.6 Å². The van der Waals surface area contributed by atoms with Crippen molar-refractivity contribution in [2.24, 2.45) is 5.92 Å². The summed E-state index contributed by atoms with van der Waals surface area (Å²) in [6, 6.07) is 8.86. The van der Waals surface area contributed by atoms with Crippen LogP contribution >= 0.6 is 12.2 Å². The number of hydrogen-bond donors (Lipinski definition) is 1. The SMILES string of the molecule is COc1cccc(N2CCN(C(=S)N[C@@H]3CCCC[C@H]3C)CC2)c1. The summed E-state index contributed by atoms with van der Waals surface area (Å²) >= 11 is 5.68. The van der Waals surface area contributed by atoms with Crippen molar-refractivity contribution in [1.29, 1.82) is 0 Å². The highest BCUT2D eigenvalue weighted by Crippen LogP contribution is 2.25. The van der Waals surface area contributed by atoms with Crippen molar-refractivity contribution in [1.82, 2.24) is 10.2 Å². The Labute approximate surface area is 151 Å². The molecule has 0 spiro atoms. The van der Waals surface area contributed by atoms with E-state index in [4.69, 9.17) is 17.0 Å². The van der Waals surface area contributed by atoms with Crippen molar-refractivity contribution < 1.29 is 4.74 Å². The number of nitrogens with zero attached hydrogens (tertiary/aromatic N) is 2. The average Bonchev–Trinajstić information content (AvgIpc) is 2.64. The number of methoxy groups -OCH3 is 1. The third-order valence-electron chi connectivity index (χ3n) is 5.41. The number of ether oxygens (including phenoxy) is 1. The van der Waals surface area contributed by atoms with Gasteiger partial charge < -0.3 is 19.9 Å². The van der Waals surface area contributed by atoms with Crippen LogP contribution in [0.1, 0.15) is 32.6 Å². The molecule has 2 fully saturated rings. The second-order valence-electron chi connectivity index (χ2n) is 6.99. The maximum Gasteiger partial charge on any atom is 0.169 e. The summed E-state index contributed by atoms with van der Waals surface area (Å²) in [6.07, 6.45) is 5.27. The van der Waals surface area contributed by atoms with Gasteiger partial charge in [-0.05, 0) is 43.1 Å². The molecule has 0 radical (unpaired) electrons. The largest absolute Gasteiger partial charge is 0.497 e. The van der Waals surface area contributed by atoms with Gasteiger partial charge in [0.1, 0.15) is 5.75 Å². The summed E-state index contributed by atoms with van der Waals surface area (Å²) in [6.45, 7) is 6.29. The van der Waals surface area contributed by atoms with E-state index in [2.05, 4.69) is 40.2 Å². The van der Waals surface area contributed by atoms with Gasteiger partial charge in [0.05, 0.1) is 7.11 Å². The van der Waals surface area contributed by atoms with Crippen LogP contribution in [0.5, 0.6) is 5.75 Å². The summed E-state index contributed by atoms with van der Waals surface area (Å²) in [4.78, 5) is 4.73. The van der Waals surface area contributed by atoms with Gasteiger partial charge in [0, 0.05) is 44.0 Å². The van der Waals surface area contributed by atoms with Gasteiger partial charge in [-0.2, -0.15) is 0 Å². The highest BCUT2D eigenvalue weighted by molar-refractivity contribution is 7.80. The lowest BCUT2D eigenvalue weighted by molar-refractivity contribution is 0.293. The van der Waals surface area contributed by atoms with Crippen LogP contribution in [0.4, 0.5) is 5.69 Å². The van der Waals surface area contributed by atoms with Gasteiger partial charge in [-0.15, -0.1) is 0 Å². The van der Waals surface area contributed by atoms with Gasteiger partial charge in [0.2, 0.25) is 0 Å². The van der Waals surface area contributed by atoms with Crippen molar-refractivity contribution in [3.8, 4) is 5.75 Å². The molecule has 1 aliphatic carbocycles. The van der Waals surface area contributed by atoms with Crippen LogP contribution in [0.3, 0.4) is 0 Å². The molecule has 24 heavy (non-hydrogen) atoms. The van der Waals surface area contributed by atoms with E-state index in [1.807, 2.05) is 6.07 Å². The second-order valence-corrected chi connectivity index (χ2v) is 7.38. The van der Waals surface area contributed by atoms with Crippen LogP contribution in [0.15, 0.2) is 24.3 Å². The van der Waals surface area contributed by atoms with Crippen LogP contribution in [0.25, 0.3) is 0 Å². The van der Waals surface area contributed by atoms with Crippen LogP contribution in [-0.2, 0) is 0 Å². The summed E-state index contributed by atoms with van der Waals surface area (Å²) in [5.74, 6) is 1.65. The lowest BCUT2D eigenvalue weighted by atomic mass is 9.86. The minimum Gasteiger partial charge on any atom is -0.497 e. The first kappa shape index (κ1) is 17.3. The maximum atomic E-state index is 5.68. The molecule has 1 aromatic rings. The molecule has 2 aliphatic rings. The van der Waals surface area contributed by atoms with Crippen LogP contribution in [-0.4, -0.2) is 49.3 Å². The van der Waals surface area contributed by atoms with E-state index < -0.39 is 0 Å². The van der Waals surface area contributed by atoms with E-state index in [-0.39, 0.29) is 0 Å². The van der Waals surface area contributed by atoms with Gasteiger partial charge in [-0.1, -0.05) is 25.8 Å². The fourth-order valence-electron chi connectivity index (χ4n) is 3.76. The Morgan fingerprint density at radius 2 is 1.92 bits per heavy atom. The zero-order valence-corrected chi connectivity index (χ0v) is 15.6. The Kier molecular flexibility index (Phi) is 5.82. The number of benzene rings is 1. The molecule has 1 aliphatic heterocycles. The molecule has 1 N–H and O–H groups in total.